The van der Waals surface area contributed by atoms with Crippen molar-refractivity contribution < 1.29 is 21.6 Å². The fourth-order valence-electron chi connectivity index (χ4n) is 2.84. The first-order valence-corrected chi connectivity index (χ1v) is 10.8. The molecule has 7 nitrogen and oxygen atoms in total. The molecule has 1 aliphatic rings. The summed E-state index contributed by atoms with van der Waals surface area (Å²) in [5.74, 6) is -1.33. The van der Waals surface area contributed by atoms with E-state index in [-0.39, 0.29) is 16.3 Å². The highest BCUT2D eigenvalue weighted by molar-refractivity contribution is 7.94. The number of amides is 1. The molecule has 0 aliphatic carbocycles. The van der Waals surface area contributed by atoms with E-state index in [1.807, 2.05) is 0 Å². The highest BCUT2D eigenvalue weighted by Gasteiger charge is 2.42. The molecule has 1 fully saturated rings. The minimum Gasteiger partial charge on any atom is -0.273 e. The molecular weight excluding hydrogens is 352 g/mol. The maximum absolute atomic E-state index is 12.6. The standard InChI is InChI=1S/C15H22N2O5S2/c1-5-16(6-2)24(21,22)14-8-7-13(9-11(14)3)17-15(18)12(4)10-23(17,19)20/h7-9,12H,5-6,10H2,1-4H3/t12-/m0/s1. The van der Waals surface area contributed by atoms with Gasteiger partial charge in [0.2, 0.25) is 26.0 Å². The van der Waals surface area contributed by atoms with Gasteiger partial charge in [-0.2, -0.15) is 4.31 Å². The van der Waals surface area contributed by atoms with Crippen molar-refractivity contribution in [3.05, 3.63) is 23.8 Å². The summed E-state index contributed by atoms with van der Waals surface area (Å²) < 4.78 is 51.7. The first-order chi connectivity index (χ1) is 11.1. The predicted octanol–water partition coefficient (Wildman–Crippen LogP) is 1.34. The summed E-state index contributed by atoms with van der Waals surface area (Å²) >= 11 is 0. The molecule has 1 aromatic rings. The molecular formula is C15H22N2O5S2. The number of carbonyl (C=O) groups is 1. The summed E-state index contributed by atoms with van der Waals surface area (Å²) in [5, 5.41) is 0. The zero-order valence-corrected chi connectivity index (χ0v) is 15.8. The number of carbonyl (C=O) groups excluding carboxylic acids is 1. The van der Waals surface area contributed by atoms with Gasteiger partial charge in [0.05, 0.1) is 22.3 Å². The van der Waals surface area contributed by atoms with Gasteiger partial charge in [-0.05, 0) is 30.7 Å². The van der Waals surface area contributed by atoms with Crippen molar-refractivity contribution in [3.8, 4) is 0 Å². The van der Waals surface area contributed by atoms with Crippen molar-refractivity contribution in [2.45, 2.75) is 32.6 Å². The van der Waals surface area contributed by atoms with Crippen LogP contribution in [0.4, 0.5) is 5.69 Å². The monoisotopic (exact) mass is 374 g/mol. The smallest absolute Gasteiger partial charge is 0.244 e. The molecule has 0 bridgehead atoms. The van der Waals surface area contributed by atoms with Gasteiger partial charge in [-0.3, -0.25) is 4.79 Å². The molecule has 2 rings (SSSR count). The molecule has 1 amide bonds. The predicted molar refractivity (Wildman–Crippen MR) is 91.7 cm³/mol. The van der Waals surface area contributed by atoms with E-state index in [9.17, 15) is 21.6 Å². The molecule has 134 valence electrons. The summed E-state index contributed by atoms with van der Waals surface area (Å²) in [7, 11) is -7.35. The molecule has 0 unspecified atom stereocenters. The molecule has 24 heavy (non-hydrogen) atoms. The Morgan fingerprint density at radius 2 is 1.83 bits per heavy atom. The van der Waals surface area contributed by atoms with Gasteiger partial charge in [-0.1, -0.05) is 20.8 Å². The highest BCUT2D eigenvalue weighted by atomic mass is 32.2. The number of sulfonamides is 2. The third-order valence-electron chi connectivity index (χ3n) is 4.08. The average Bonchev–Trinajstić information content (AvgIpc) is 2.67. The minimum atomic E-state index is -3.71. The summed E-state index contributed by atoms with van der Waals surface area (Å²) in [4.78, 5) is 12.3. The summed E-state index contributed by atoms with van der Waals surface area (Å²) in [6.45, 7) is 7.35. The van der Waals surface area contributed by atoms with E-state index in [4.69, 9.17) is 0 Å². The molecule has 1 aliphatic heterocycles. The third kappa shape index (κ3) is 3.07. The van der Waals surface area contributed by atoms with Crippen molar-refractivity contribution in [2.24, 2.45) is 5.92 Å². The second kappa shape index (κ2) is 6.45. The van der Waals surface area contributed by atoms with Crippen LogP contribution in [-0.2, 0) is 24.8 Å². The van der Waals surface area contributed by atoms with Crippen molar-refractivity contribution >= 4 is 31.6 Å². The molecule has 1 saturated heterocycles. The highest BCUT2D eigenvalue weighted by Crippen LogP contribution is 2.31. The summed E-state index contributed by atoms with van der Waals surface area (Å²) in [6, 6.07) is 4.17. The minimum absolute atomic E-state index is 0.118. The van der Waals surface area contributed by atoms with E-state index < -0.39 is 31.9 Å². The van der Waals surface area contributed by atoms with Gasteiger partial charge >= 0.3 is 0 Å². The van der Waals surface area contributed by atoms with Crippen LogP contribution >= 0.6 is 0 Å². The van der Waals surface area contributed by atoms with E-state index in [0.717, 1.165) is 4.31 Å². The van der Waals surface area contributed by atoms with E-state index in [0.29, 0.717) is 18.7 Å². The summed E-state index contributed by atoms with van der Waals surface area (Å²) in [6.07, 6.45) is 0. The maximum Gasteiger partial charge on any atom is 0.244 e. The lowest BCUT2D eigenvalue weighted by Gasteiger charge is -2.21. The van der Waals surface area contributed by atoms with Crippen LogP contribution in [0.2, 0.25) is 0 Å². The number of anilines is 1. The largest absolute Gasteiger partial charge is 0.273 e. The van der Waals surface area contributed by atoms with Crippen LogP contribution in [0.1, 0.15) is 26.3 Å². The summed E-state index contributed by atoms with van der Waals surface area (Å²) in [5.41, 5.74) is 0.585. The van der Waals surface area contributed by atoms with Gasteiger partial charge in [0.25, 0.3) is 0 Å². The van der Waals surface area contributed by atoms with Crippen LogP contribution in [0.15, 0.2) is 23.1 Å². The van der Waals surface area contributed by atoms with Crippen LogP contribution in [0.5, 0.6) is 0 Å². The van der Waals surface area contributed by atoms with Crippen LogP contribution in [0, 0.1) is 12.8 Å². The molecule has 0 saturated carbocycles. The first kappa shape index (κ1) is 18.9. The van der Waals surface area contributed by atoms with Gasteiger partial charge in [0, 0.05) is 13.1 Å². The maximum atomic E-state index is 12.6. The molecule has 0 spiro atoms. The average molecular weight is 374 g/mol. The van der Waals surface area contributed by atoms with Crippen molar-refractivity contribution in [1.29, 1.82) is 0 Å². The Balaban J connectivity index is 2.50. The zero-order valence-electron chi connectivity index (χ0n) is 14.2. The van der Waals surface area contributed by atoms with Crippen LogP contribution < -0.4 is 4.31 Å². The Morgan fingerprint density at radius 3 is 2.25 bits per heavy atom. The van der Waals surface area contributed by atoms with E-state index in [2.05, 4.69) is 0 Å². The molecule has 1 atom stereocenters. The third-order valence-corrected chi connectivity index (χ3v) is 8.16. The Morgan fingerprint density at radius 1 is 1.25 bits per heavy atom. The van der Waals surface area contributed by atoms with Crippen molar-refractivity contribution in [1.82, 2.24) is 4.31 Å². The second-order valence-corrected chi connectivity index (χ2v) is 9.59. The first-order valence-electron chi connectivity index (χ1n) is 7.73. The molecule has 1 aromatic carbocycles. The Bertz CT molecular complexity index is 858. The number of rotatable bonds is 5. The molecule has 0 N–H and O–H groups in total. The van der Waals surface area contributed by atoms with E-state index in [1.165, 1.54) is 22.5 Å². The second-order valence-electron chi connectivity index (χ2n) is 5.82. The van der Waals surface area contributed by atoms with Crippen LogP contribution in [-0.4, -0.2) is 45.9 Å². The molecule has 9 heteroatoms. The number of hydrogen-bond acceptors (Lipinski definition) is 5. The fraction of sp³-hybridized carbons (Fsp3) is 0.533. The van der Waals surface area contributed by atoms with Gasteiger partial charge < -0.3 is 0 Å². The molecule has 0 aromatic heterocycles. The Hall–Kier alpha value is -1.45. The van der Waals surface area contributed by atoms with Gasteiger partial charge in [-0.15, -0.1) is 0 Å². The zero-order chi connectivity index (χ0) is 18.3. The van der Waals surface area contributed by atoms with Gasteiger partial charge in [0.15, 0.2) is 0 Å². The lowest BCUT2D eigenvalue weighted by atomic mass is 10.2. The number of hydrogen-bond donors (Lipinski definition) is 0. The van der Waals surface area contributed by atoms with E-state index >= 15 is 0 Å². The number of benzene rings is 1. The topological polar surface area (TPSA) is 91.8 Å². The van der Waals surface area contributed by atoms with Crippen molar-refractivity contribution in [2.75, 3.05) is 23.1 Å². The lowest BCUT2D eigenvalue weighted by Crippen LogP contribution is -2.32. The van der Waals surface area contributed by atoms with Crippen LogP contribution in [0.25, 0.3) is 0 Å². The van der Waals surface area contributed by atoms with Gasteiger partial charge in [0.1, 0.15) is 0 Å². The normalized spacial score (nSPS) is 20.8. The van der Waals surface area contributed by atoms with E-state index in [1.54, 1.807) is 27.7 Å². The number of nitrogens with zero attached hydrogens (tertiary/aromatic N) is 2. The fourth-order valence-corrected chi connectivity index (χ4v) is 6.31. The Labute approximate surface area is 143 Å². The molecule has 0 radical (unpaired) electrons. The van der Waals surface area contributed by atoms with Crippen molar-refractivity contribution in [3.63, 3.8) is 0 Å². The molecule has 1 heterocycles. The quantitative estimate of drug-likeness (QED) is 0.775. The lowest BCUT2D eigenvalue weighted by molar-refractivity contribution is -0.119. The van der Waals surface area contributed by atoms with Crippen LogP contribution in [0.3, 0.4) is 0 Å². The number of aryl methyl sites for hydroxylation is 1. The van der Waals surface area contributed by atoms with Gasteiger partial charge in [-0.25, -0.2) is 21.1 Å². The Kier molecular flexibility index (Phi) is 5.08. The SMILES string of the molecule is CCN(CC)S(=O)(=O)c1ccc(N2C(=O)[C@@H](C)CS2(=O)=O)cc1C.